The first-order chi connectivity index (χ1) is 27.2. The molecule has 1 atom stereocenters. The van der Waals surface area contributed by atoms with Crippen molar-refractivity contribution in [2.45, 2.75) is 13.1 Å². The first-order valence-corrected chi connectivity index (χ1v) is 17.9. The van der Waals surface area contributed by atoms with Gasteiger partial charge < -0.3 is 39.8 Å². The number of para-hydroxylation sites is 2. The summed E-state index contributed by atoms with van der Waals surface area (Å²) >= 11 is 0. The van der Waals surface area contributed by atoms with E-state index in [1.165, 1.54) is 0 Å². The second-order valence-electron chi connectivity index (χ2n) is 13.5. The van der Waals surface area contributed by atoms with Gasteiger partial charge in [0.05, 0.1) is 16.6 Å². The van der Waals surface area contributed by atoms with Crippen molar-refractivity contribution in [1.29, 1.82) is 5.41 Å². The Morgan fingerprint density at radius 1 is 0.643 bits per heavy atom. The van der Waals surface area contributed by atoms with Gasteiger partial charge in [-0.2, -0.15) is 0 Å². The van der Waals surface area contributed by atoms with Crippen LogP contribution in [0.1, 0.15) is 29.8 Å². The normalized spacial score (nSPS) is 12.5. The Morgan fingerprint density at radius 2 is 1.27 bits per heavy atom. The number of aromatic nitrogens is 1. The van der Waals surface area contributed by atoms with Crippen molar-refractivity contribution in [1.82, 2.24) is 9.88 Å². The highest BCUT2D eigenvalue weighted by Gasteiger charge is 2.27. The minimum Gasteiger partial charge on any atom is -0.504 e. The molecule has 9 aromatic rings. The molecule has 7 aromatic carbocycles. The average molecular weight is 739 g/mol. The second kappa shape index (κ2) is 13.3. The minimum atomic E-state index is -1.02. The molecule has 0 aliphatic heterocycles. The first-order valence-electron chi connectivity index (χ1n) is 17.9. The van der Waals surface area contributed by atoms with Gasteiger partial charge in [0.15, 0.2) is 11.5 Å². The van der Waals surface area contributed by atoms with Gasteiger partial charge in [-0.25, -0.2) is 0 Å². The smallest absolute Gasteiger partial charge is 0.208 e. The van der Waals surface area contributed by atoms with E-state index in [2.05, 4.69) is 5.32 Å². The number of aromatic hydroxyl groups is 5. The van der Waals surface area contributed by atoms with E-state index >= 15 is 0 Å². The quantitative estimate of drug-likeness (QED) is 0.0370. The Balaban J connectivity index is 1.17. The van der Waals surface area contributed by atoms with Crippen molar-refractivity contribution in [2.24, 2.45) is 4.99 Å². The summed E-state index contributed by atoms with van der Waals surface area (Å²) < 4.78 is 8.71. The molecule has 0 fully saturated rings. The van der Waals surface area contributed by atoms with Gasteiger partial charge in [0, 0.05) is 50.1 Å². The van der Waals surface area contributed by atoms with Crippen molar-refractivity contribution in [3.63, 3.8) is 0 Å². The molecule has 56 heavy (non-hydrogen) atoms. The number of hydrogen-bond acceptors (Lipinski definition) is 8. The molecule has 0 saturated carbocycles. The van der Waals surface area contributed by atoms with Gasteiger partial charge >= 0.3 is 0 Å². The number of hydrogen-bond donors (Lipinski definition) is 7. The molecule has 0 aliphatic rings. The number of phenols is 5. The SMILES string of the molecule is C/C(=N\C(NC(=N)c1ccccc1)c1ccccc1)c1cccc2c1oc1cc(-n3c4ccccc4c4c(-c5c(O)c(O)c(O)c(O)c5O)cccc43)ccc12. The van der Waals surface area contributed by atoms with Gasteiger partial charge in [0.25, 0.3) is 0 Å². The summed E-state index contributed by atoms with van der Waals surface area (Å²) in [4.78, 5) is 5.11. The van der Waals surface area contributed by atoms with Crippen molar-refractivity contribution >= 4 is 55.3 Å². The Labute approximate surface area is 319 Å². The predicted molar refractivity (Wildman–Crippen MR) is 220 cm³/mol. The van der Waals surface area contributed by atoms with Crippen LogP contribution in [0.4, 0.5) is 0 Å². The minimum absolute atomic E-state index is 0.217. The van der Waals surface area contributed by atoms with Gasteiger partial charge in [-0.3, -0.25) is 10.4 Å². The number of phenolic OH excluding ortho intramolecular Hbond substituents is 5. The fourth-order valence-electron chi connectivity index (χ4n) is 7.57. The van der Waals surface area contributed by atoms with Crippen LogP contribution in [0.2, 0.25) is 0 Å². The predicted octanol–water partition coefficient (Wildman–Crippen LogP) is 10.0. The van der Waals surface area contributed by atoms with Crippen molar-refractivity contribution in [2.75, 3.05) is 0 Å². The third-order valence-corrected chi connectivity index (χ3v) is 10.2. The zero-order valence-corrected chi connectivity index (χ0v) is 29.9. The van der Waals surface area contributed by atoms with Crippen LogP contribution in [-0.4, -0.2) is 41.6 Å². The van der Waals surface area contributed by atoms with Gasteiger partial charge in [-0.05, 0) is 48.4 Å². The summed E-state index contributed by atoms with van der Waals surface area (Å²) in [6.07, 6.45) is -0.534. The fraction of sp³-hybridized carbons (Fsp3) is 0.0435. The summed E-state index contributed by atoms with van der Waals surface area (Å²) in [6, 6.07) is 44.3. The molecule has 0 aliphatic carbocycles. The summed E-state index contributed by atoms with van der Waals surface area (Å²) in [5, 5.41) is 68.0. The Morgan fingerprint density at radius 3 is 2.02 bits per heavy atom. The van der Waals surface area contributed by atoms with E-state index < -0.39 is 34.9 Å². The third-order valence-electron chi connectivity index (χ3n) is 10.2. The van der Waals surface area contributed by atoms with Crippen molar-refractivity contribution in [3.8, 4) is 45.6 Å². The molecule has 0 saturated heterocycles. The third kappa shape index (κ3) is 5.42. The summed E-state index contributed by atoms with van der Waals surface area (Å²) in [7, 11) is 0. The number of fused-ring (bicyclic) bond motifs is 6. The van der Waals surface area contributed by atoms with Gasteiger partial charge in [0.2, 0.25) is 17.2 Å². The molecule has 274 valence electrons. The van der Waals surface area contributed by atoms with E-state index in [4.69, 9.17) is 14.8 Å². The standard InChI is InChI=1S/C46H34N4O6/c1-25(48-46(27-14-6-3-7-15-27)49-45(47)26-12-4-2-5-13-26)29-17-10-18-31-30-23-22-28(24-36(30)56-44(29)31)50-34-20-9-8-16-32(34)37-33(19-11-21-35(37)50)38-39(51)41(53)43(55)42(54)40(38)52/h2-24,46,51-55H,1H3,(H2,47,49)/b48-25+. The van der Waals surface area contributed by atoms with Gasteiger partial charge in [0.1, 0.15) is 23.2 Å². The van der Waals surface area contributed by atoms with Crippen LogP contribution in [0.5, 0.6) is 28.7 Å². The number of nitrogens with one attached hydrogen (secondary N) is 2. The van der Waals surface area contributed by atoms with Crippen LogP contribution in [0.15, 0.2) is 149 Å². The molecule has 0 spiro atoms. The van der Waals surface area contributed by atoms with Crippen molar-refractivity contribution in [3.05, 3.63) is 156 Å². The number of furan rings is 1. The van der Waals surface area contributed by atoms with E-state index in [9.17, 15) is 25.5 Å². The molecule has 0 radical (unpaired) electrons. The number of nitrogens with zero attached hydrogens (tertiary/aromatic N) is 2. The zero-order valence-electron chi connectivity index (χ0n) is 29.9. The molecule has 2 aromatic heterocycles. The molecule has 7 N–H and O–H groups in total. The molecular weight excluding hydrogens is 705 g/mol. The lowest BCUT2D eigenvalue weighted by molar-refractivity contribution is 0.330. The van der Waals surface area contributed by atoms with Crippen molar-refractivity contribution < 1.29 is 29.9 Å². The Hall–Kier alpha value is -7.72. The number of amidine groups is 1. The maximum atomic E-state index is 10.9. The second-order valence-corrected chi connectivity index (χ2v) is 13.5. The van der Waals surface area contributed by atoms with Gasteiger partial charge in [-0.15, -0.1) is 0 Å². The lowest BCUT2D eigenvalue weighted by Gasteiger charge is -2.18. The van der Waals surface area contributed by atoms with Crippen LogP contribution < -0.4 is 5.32 Å². The highest BCUT2D eigenvalue weighted by Crippen LogP contribution is 2.56. The number of rotatable bonds is 7. The molecular formula is C46H34N4O6. The van der Waals surface area contributed by atoms with E-state index in [1.807, 2.05) is 139 Å². The van der Waals surface area contributed by atoms with Crippen LogP contribution in [-0.2, 0) is 0 Å². The van der Waals surface area contributed by atoms with E-state index in [1.54, 1.807) is 12.1 Å². The fourth-order valence-corrected chi connectivity index (χ4v) is 7.57. The summed E-state index contributed by atoms with van der Waals surface area (Å²) in [5.41, 5.74) is 6.97. The van der Waals surface area contributed by atoms with Gasteiger partial charge in [-0.1, -0.05) is 103 Å². The molecule has 10 nitrogen and oxygen atoms in total. The summed E-state index contributed by atoms with van der Waals surface area (Å²) in [5.74, 6) is -4.16. The molecule has 9 rings (SSSR count). The molecule has 1 unspecified atom stereocenters. The summed E-state index contributed by atoms with van der Waals surface area (Å²) in [6.45, 7) is 1.94. The molecule has 0 bridgehead atoms. The van der Waals surface area contributed by atoms with E-state index in [0.29, 0.717) is 27.6 Å². The largest absolute Gasteiger partial charge is 0.504 e. The lowest BCUT2D eigenvalue weighted by atomic mass is 9.96. The number of aliphatic imine (C=N–C) groups is 1. The van der Waals surface area contributed by atoms with E-state index in [-0.39, 0.29) is 11.4 Å². The topological polar surface area (TPSA) is 167 Å². The zero-order chi connectivity index (χ0) is 38.7. The first kappa shape index (κ1) is 34.1. The van der Waals surface area contributed by atoms with E-state index in [0.717, 1.165) is 49.8 Å². The highest BCUT2D eigenvalue weighted by atomic mass is 16.4. The van der Waals surface area contributed by atoms with Crippen LogP contribution in [0.25, 0.3) is 60.6 Å². The molecule has 10 heteroatoms. The Kier molecular flexibility index (Phi) is 8.09. The highest BCUT2D eigenvalue weighted by molar-refractivity contribution is 6.18. The molecule has 0 amide bonds. The maximum absolute atomic E-state index is 10.9. The Bertz CT molecular complexity index is 3010. The van der Waals surface area contributed by atoms with Crippen LogP contribution >= 0.6 is 0 Å². The average Bonchev–Trinajstić information content (AvgIpc) is 3.78. The molecule has 2 heterocycles. The maximum Gasteiger partial charge on any atom is 0.208 e. The van der Waals surface area contributed by atoms with Crippen LogP contribution in [0, 0.1) is 5.41 Å². The van der Waals surface area contributed by atoms with Crippen LogP contribution in [0.3, 0.4) is 0 Å². The number of benzene rings is 7. The monoisotopic (exact) mass is 738 g/mol. The lowest BCUT2D eigenvalue weighted by Crippen LogP contribution is -2.28.